The molecule has 0 atom stereocenters. The molecule has 1 N–H and O–H groups in total. The molecule has 4 aromatic rings. The van der Waals surface area contributed by atoms with Crippen molar-refractivity contribution < 1.29 is 14.6 Å². The van der Waals surface area contributed by atoms with Crippen LogP contribution in [0.5, 0.6) is 17.4 Å². The molecule has 0 aliphatic heterocycles. The third kappa shape index (κ3) is 4.43. The fourth-order valence-electron chi connectivity index (χ4n) is 3.28. The topological polar surface area (TPSA) is 90.3 Å². The predicted molar refractivity (Wildman–Crippen MR) is 133 cm³/mol. The summed E-state index contributed by atoms with van der Waals surface area (Å²) in [5.74, 6) is 0.582. The Balaban J connectivity index is 2.01. The third-order valence-electron chi connectivity index (χ3n) is 4.96. The highest BCUT2D eigenvalue weighted by Gasteiger charge is 2.21. The molecule has 0 saturated carbocycles. The van der Waals surface area contributed by atoms with Crippen LogP contribution in [0.1, 0.15) is 0 Å². The normalized spacial score (nSPS) is 11.0. The molecular formula is C24H19ClN4O4S. The maximum Gasteiger partial charge on any atom is 0.290 e. The van der Waals surface area contributed by atoms with Gasteiger partial charge in [-0.05, 0) is 72.9 Å². The molecule has 0 aliphatic rings. The lowest BCUT2D eigenvalue weighted by Crippen LogP contribution is -2.23. The van der Waals surface area contributed by atoms with Crippen molar-refractivity contribution in [3.8, 4) is 28.8 Å². The van der Waals surface area contributed by atoms with Crippen LogP contribution in [0, 0.1) is 4.77 Å². The van der Waals surface area contributed by atoms with Crippen molar-refractivity contribution in [3.05, 3.63) is 92.9 Å². The van der Waals surface area contributed by atoms with Crippen LogP contribution in [0.4, 0.5) is 11.4 Å². The van der Waals surface area contributed by atoms with Gasteiger partial charge in [0.25, 0.3) is 5.56 Å². The molecule has 1 aromatic heterocycles. The van der Waals surface area contributed by atoms with Gasteiger partial charge >= 0.3 is 0 Å². The van der Waals surface area contributed by atoms with Crippen LogP contribution in [0.3, 0.4) is 0 Å². The zero-order valence-electron chi connectivity index (χ0n) is 18.2. The largest absolute Gasteiger partial charge is 0.497 e. The lowest BCUT2D eigenvalue weighted by Gasteiger charge is -2.17. The number of methoxy groups -OCH3 is 2. The second kappa shape index (κ2) is 9.90. The average Bonchev–Trinajstić information content (AvgIpc) is 2.85. The van der Waals surface area contributed by atoms with Gasteiger partial charge in [-0.1, -0.05) is 23.7 Å². The summed E-state index contributed by atoms with van der Waals surface area (Å²) in [5, 5.41) is 19.8. The molecule has 0 spiro atoms. The fraction of sp³-hybridized carbons (Fsp3) is 0.0833. The zero-order chi connectivity index (χ0) is 24.2. The average molecular weight is 495 g/mol. The monoisotopic (exact) mass is 494 g/mol. The lowest BCUT2D eigenvalue weighted by atomic mass is 10.2. The van der Waals surface area contributed by atoms with Gasteiger partial charge in [0.2, 0.25) is 11.6 Å². The number of azo groups is 1. The highest BCUT2D eigenvalue weighted by molar-refractivity contribution is 7.71. The minimum Gasteiger partial charge on any atom is -0.497 e. The molecule has 0 unspecified atom stereocenters. The molecule has 0 amide bonds. The molecule has 4 rings (SSSR count). The Morgan fingerprint density at radius 1 is 0.882 bits per heavy atom. The van der Waals surface area contributed by atoms with Crippen LogP contribution in [0.2, 0.25) is 5.02 Å². The summed E-state index contributed by atoms with van der Waals surface area (Å²) in [6.45, 7) is 0. The number of hydrogen-bond acceptors (Lipinski definition) is 7. The lowest BCUT2D eigenvalue weighted by molar-refractivity contribution is 0.402. The van der Waals surface area contributed by atoms with Crippen molar-refractivity contribution >= 4 is 35.2 Å². The van der Waals surface area contributed by atoms with Gasteiger partial charge in [0.15, 0.2) is 4.77 Å². The quantitative estimate of drug-likeness (QED) is 0.256. The van der Waals surface area contributed by atoms with Gasteiger partial charge in [0.1, 0.15) is 11.5 Å². The molecule has 3 aromatic carbocycles. The first kappa shape index (κ1) is 23.2. The number of para-hydroxylation sites is 2. The number of ether oxygens (including phenoxy) is 2. The van der Waals surface area contributed by atoms with E-state index in [1.54, 1.807) is 79.9 Å². The minimum absolute atomic E-state index is 0.0163. The van der Waals surface area contributed by atoms with Crippen molar-refractivity contribution in [1.82, 2.24) is 9.13 Å². The Kier molecular flexibility index (Phi) is 6.76. The van der Waals surface area contributed by atoms with E-state index in [0.29, 0.717) is 33.6 Å². The Morgan fingerprint density at radius 2 is 1.56 bits per heavy atom. The molecule has 0 fully saturated rings. The van der Waals surface area contributed by atoms with E-state index in [-0.39, 0.29) is 10.5 Å². The molecule has 8 nitrogen and oxygen atoms in total. The summed E-state index contributed by atoms with van der Waals surface area (Å²) < 4.78 is 13.2. The zero-order valence-corrected chi connectivity index (χ0v) is 19.7. The highest BCUT2D eigenvalue weighted by Crippen LogP contribution is 2.33. The van der Waals surface area contributed by atoms with Gasteiger partial charge in [-0.15, -0.1) is 5.11 Å². The van der Waals surface area contributed by atoms with Gasteiger partial charge < -0.3 is 14.6 Å². The van der Waals surface area contributed by atoms with Crippen molar-refractivity contribution in [2.75, 3.05) is 14.2 Å². The first-order valence-corrected chi connectivity index (χ1v) is 10.8. The van der Waals surface area contributed by atoms with E-state index < -0.39 is 11.4 Å². The summed E-state index contributed by atoms with van der Waals surface area (Å²) in [6, 6.07) is 20.3. The molecule has 0 saturated heterocycles. The number of nitrogens with zero attached hydrogens (tertiary/aromatic N) is 4. The minimum atomic E-state index is -0.642. The molecule has 10 heteroatoms. The van der Waals surface area contributed by atoms with Crippen molar-refractivity contribution in [1.29, 1.82) is 0 Å². The van der Waals surface area contributed by atoms with Crippen LogP contribution in [0.15, 0.2) is 87.8 Å². The van der Waals surface area contributed by atoms with E-state index in [1.165, 1.54) is 16.2 Å². The second-order valence-corrected chi connectivity index (χ2v) is 7.78. The van der Waals surface area contributed by atoms with Crippen LogP contribution < -0.4 is 15.0 Å². The number of rotatable bonds is 6. The van der Waals surface area contributed by atoms with E-state index in [0.717, 1.165) is 0 Å². The van der Waals surface area contributed by atoms with Crippen LogP contribution in [-0.2, 0) is 0 Å². The number of aromatic nitrogens is 2. The number of hydrogen-bond donors (Lipinski definition) is 1. The summed E-state index contributed by atoms with van der Waals surface area (Å²) >= 11 is 11.6. The highest BCUT2D eigenvalue weighted by atomic mass is 35.5. The van der Waals surface area contributed by atoms with Gasteiger partial charge in [0, 0.05) is 5.02 Å². The molecule has 0 radical (unpaired) electrons. The predicted octanol–water partition coefficient (Wildman–Crippen LogP) is 6.15. The standard InChI is InChI=1S/C24H19ClN4O4S/c1-32-18-13-11-17(12-14-18)28-22(30)21(27-26-16-9-7-15(25)8-10-16)23(31)29(24(28)34)19-5-3-4-6-20(19)33-2/h3-14,31H,1-2H3. The molecular weight excluding hydrogens is 476 g/mol. The Bertz CT molecular complexity index is 1480. The summed E-state index contributed by atoms with van der Waals surface area (Å²) in [5.41, 5.74) is 0.396. The molecule has 172 valence electrons. The first-order valence-electron chi connectivity index (χ1n) is 10.0. The summed E-state index contributed by atoms with van der Waals surface area (Å²) in [6.07, 6.45) is 0. The number of aromatic hydroxyl groups is 1. The van der Waals surface area contributed by atoms with Gasteiger partial charge in [-0.2, -0.15) is 5.11 Å². The number of benzene rings is 3. The maximum absolute atomic E-state index is 13.5. The summed E-state index contributed by atoms with van der Waals surface area (Å²) in [7, 11) is 3.05. The smallest absolute Gasteiger partial charge is 0.290 e. The molecule has 0 aliphatic carbocycles. The molecule has 0 bridgehead atoms. The van der Waals surface area contributed by atoms with Gasteiger partial charge in [-0.25, -0.2) is 0 Å². The van der Waals surface area contributed by atoms with Gasteiger partial charge in [-0.3, -0.25) is 13.9 Å². The fourth-order valence-corrected chi connectivity index (χ4v) is 3.78. The Hall–Kier alpha value is -3.95. The first-order chi connectivity index (χ1) is 16.4. The van der Waals surface area contributed by atoms with Crippen LogP contribution in [0.25, 0.3) is 11.4 Å². The maximum atomic E-state index is 13.5. The van der Waals surface area contributed by atoms with E-state index in [9.17, 15) is 9.90 Å². The SMILES string of the molecule is COc1ccc(-n2c(=O)c(N=Nc3ccc(Cl)cc3)c(O)n(-c3ccccc3OC)c2=S)cc1. The Morgan fingerprint density at radius 3 is 2.21 bits per heavy atom. The Labute approximate surface area is 204 Å². The van der Waals surface area contributed by atoms with E-state index in [2.05, 4.69) is 10.2 Å². The van der Waals surface area contributed by atoms with Crippen LogP contribution in [-0.4, -0.2) is 28.5 Å². The van der Waals surface area contributed by atoms with E-state index >= 15 is 0 Å². The van der Waals surface area contributed by atoms with E-state index in [1.807, 2.05) is 0 Å². The van der Waals surface area contributed by atoms with Crippen LogP contribution >= 0.6 is 23.8 Å². The molecule has 1 heterocycles. The van der Waals surface area contributed by atoms with Crippen molar-refractivity contribution in [2.24, 2.45) is 10.2 Å². The second-order valence-electron chi connectivity index (χ2n) is 6.98. The van der Waals surface area contributed by atoms with Gasteiger partial charge in [0.05, 0.1) is 31.3 Å². The van der Waals surface area contributed by atoms with Crippen molar-refractivity contribution in [3.63, 3.8) is 0 Å². The van der Waals surface area contributed by atoms with Crippen molar-refractivity contribution in [2.45, 2.75) is 0 Å². The third-order valence-corrected chi connectivity index (χ3v) is 5.58. The number of halogens is 1. The summed E-state index contributed by atoms with van der Waals surface area (Å²) in [4.78, 5) is 13.5. The van der Waals surface area contributed by atoms with E-state index in [4.69, 9.17) is 33.3 Å². The molecule has 34 heavy (non-hydrogen) atoms.